The Morgan fingerprint density at radius 3 is 2.52 bits per heavy atom. The van der Waals surface area contributed by atoms with E-state index in [2.05, 4.69) is 6.07 Å². The lowest BCUT2D eigenvalue weighted by atomic mass is 10.1. The minimum absolute atomic E-state index is 0.129. The molecule has 0 heterocycles. The first-order valence-electron chi connectivity index (χ1n) is 6.48. The molecule has 1 aliphatic rings. The zero-order valence-electron chi connectivity index (χ0n) is 10.9. The SMILES string of the molecule is O=[N+]([O-])c1cc(Cl)c(Oc2cccc3c2CCC3)c(Cl)c1. The molecule has 0 unspecified atom stereocenters. The monoisotopic (exact) mass is 323 g/mol. The van der Waals surface area contributed by atoms with Crippen molar-refractivity contribution in [1.82, 2.24) is 0 Å². The quantitative estimate of drug-likeness (QED) is 0.577. The number of ether oxygens (including phenoxy) is 1. The standard InChI is InChI=1S/C15H11Cl2NO3/c16-12-7-10(18(19)20)8-13(17)15(12)21-14-6-2-4-9-3-1-5-11(9)14/h2,4,6-8H,1,3,5H2. The van der Waals surface area contributed by atoms with Gasteiger partial charge >= 0.3 is 0 Å². The Balaban J connectivity index is 2.00. The predicted octanol–water partition coefficient (Wildman–Crippen LogP) is 5.18. The summed E-state index contributed by atoms with van der Waals surface area (Å²) in [6, 6.07) is 8.34. The molecule has 0 saturated heterocycles. The van der Waals surface area contributed by atoms with Crippen LogP contribution in [0.1, 0.15) is 17.5 Å². The zero-order valence-corrected chi connectivity index (χ0v) is 12.4. The van der Waals surface area contributed by atoms with Gasteiger partial charge in [0, 0.05) is 12.1 Å². The smallest absolute Gasteiger partial charge is 0.272 e. The van der Waals surface area contributed by atoms with E-state index < -0.39 is 4.92 Å². The normalized spacial score (nSPS) is 13.0. The summed E-state index contributed by atoms with van der Waals surface area (Å²) in [5.41, 5.74) is 2.26. The van der Waals surface area contributed by atoms with Gasteiger partial charge in [0.2, 0.25) is 0 Å². The fourth-order valence-corrected chi connectivity index (χ4v) is 3.09. The molecule has 0 spiro atoms. The first-order valence-corrected chi connectivity index (χ1v) is 7.24. The molecule has 0 aliphatic heterocycles. The van der Waals surface area contributed by atoms with Crippen molar-refractivity contribution in [2.24, 2.45) is 0 Å². The van der Waals surface area contributed by atoms with Crippen LogP contribution in [0.25, 0.3) is 0 Å². The van der Waals surface area contributed by atoms with Gasteiger partial charge in [0.05, 0.1) is 15.0 Å². The number of benzene rings is 2. The summed E-state index contributed by atoms with van der Waals surface area (Å²) in [5.74, 6) is 0.965. The minimum atomic E-state index is -0.540. The molecule has 3 rings (SSSR count). The lowest BCUT2D eigenvalue weighted by Crippen LogP contribution is -1.94. The third-order valence-corrected chi connectivity index (χ3v) is 4.07. The lowest BCUT2D eigenvalue weighted by molar-refractivity contribution is -0.384. The second kappa shape index (κ2) is 5.54. The largest absolute Gasteiger partial charge is 0.454 e. The molecule has 0 saturated carbocycles. The molecule has 2 aromatic rings. The Morgan fingerprint density at radius 2 is 1.86 bits per heavy atom. The van der Waals surface area contributed by atoms with Crippen molar-refractivity contribution >= 4 is 28.9 Å². The second-order valence-electron chi connectivity index (χ2n) is 4.85. The van der Waals surface area contributed by atoms with Gasteiger partial charge in [-0.1, -0.05) is 35.3 Å². The van der Waals surface area contributed by atoms with E-state index in [4.69, 9.17) is 27.9 Å². The molecule has 0 amide bonds. The predicted molar refractivity (Wildman–Crippen MR) is 81.7 cm³/mol. The maximum atomic E-state index is 10.8. The van der Waals surface area contributed by atoms with Gasteiger partial charge in [0.1, 0.15) is 5.75 Å². The van der Waals surface area contributed by atoms with Crippen molar-refractivity contribution in [2.75, 3.05) is 0 Å². The summed E-state index contributed by atoms with van der Waals surface area (Å²) in [5, 5.41) is 11.0. The van der Waals surface area contributed by atoms with E-state index in [-0.39, 0.29) is 21.5 Å². The first-order chi connectivity index (χ1) is 10.1. The van der Waals surface area contributed by atoms with E-state index in [9.17, 15) is 10.1 Å². The number of rotatable bonds is 3. The summed E-state index contributed by atoms with van der Waals surface area (Å²) in [4.78, 5) is 10.2. The molecule has 2 aromatic carbocycles. The van der Waals surface area contributed by atoms with E-state index in [0.717, 1.165) is 24.8 Å². The summed E-state index contributed by atoms with van der Waals surface area (Å²) in [6.07, 6.45) is 3.08. The minimum Gasteiger partial charge on any atom is -0.454 e. The van der Waals surface area contributed by atoms with Crippen molar-refractivity contribution in [3.05, 3.63) is 61.6 Å². The molecule has 1 aliphatic carbocycles. The maximum Gasteiger partial charge on any atom is 0.272 e. The Kier molecular flexibility index (Phi) is 3.74. The highest BCUT2D eigenvalue weighted by atomic mass is 35.5. The molecular formula is C15H11Cl2NO3. The number of non-ortho nitro benzene ring substituents is 1. The van der Waals surface area contributed by atoms with Gasteiger partial charge in [0.15, 0.2) is 5.75 Å². The van der Waals surface area contributed by atoms with Crippen molar-refractivity contribution < 1.29 is 9.66 Å². The van der Waals surface area contributed by atoms with Crippen molar-refractivity contribution in [1.29, 1.82) is 0 Å². The number of aryl methyl sites for hydroxylation is 1. The third-order valence-electron chi connectivity index (χ3n) is 3.51. The number of hydrogen-bond donors (Lipinski definition) is 0. The van der Waals surface area contributed by atoms with Gasteiger partial charge in [-0.25, -0.2) is 0 Å². The van der Waals surface area contributed by atoms with Crippen LogP contribution in [-0.4, -0.2) is 4.92 Å². The molecule has 108 valence electrons. The fraction of sp³-hybridized carbons (Fsp3) is 0.200. The molecule has 0 radical (unpaired) electrons. The highest BCUT2D eigenvalue weighted by Gasteiger charge is 2.20. The number of halogens is 2. The third kappa shape index (κ3) is 2.69. The van der Waals surface area contributed by atoms with E-state index in [1.54, 1.807) is 0 Å². The van der Waals surface area contributed by atoms with Gasteiger partial charge in [-0.15, -0.1) is 0 Å². The average molecular weight is 324 g/mol. The van der Waals surface area contributed by atoms with E-state index in [1.165, 1.54) is 17.7 Å². The van der Waals surface area contributed by atoms with E-state index >= 15 is 0 Å². The van der Waals surface area contributed by atoms with Crippen LogP contribution in [0.2, 0.25) is 10.0 Å². The Hall–Kier alpha value is -1.78. The Labute approximate surface area is 131 Å². The lowest BCUT2D eigenvalue weighted by Gasteiger charge is -2.12. The number of hydrogen-bond acceptors (Lipinski definition) is 3. The van der Waals surface area contributed by atoms with Crippen LogP contribution < -0.4 is 4.74 Å². The van der Waals surface area contributed by atoms with Crippen LogP contribution in [0.4, 0.5) is 5.69 Å². The summed E-state index contributed by atoms with van der Waals surface area (Å²) in [6.45, 7) is 0. The number of nitrogens with zero attached hydrogens (tertiary/aromatic N) is 1. The van der Waals surface area contributed by atoms with Crippen molar-refractivity contribution in [2.45, 2.75) is 19.3 Å². The van der Waals surface area contributed by atoms with Gasteiger partial charge in [-0.05, 0) is 36.5 Å². The van der Waals surface area contributed by atoms with Gasteiger partial charge < -0.3 is 4.74 Å². The molecular weight excluding hydrogens is 313 g/mol. The summed E-state index contributed by atoms with van der Waals surface area (Å²) < 4.78 is 5.83. The zero-order chi connectivity index (χ0) is 15.0. The highest BCUT2D eigenvalue weighted by molar-refractivity contribution is 6.37. The summed E-state index contributed by atoms with van der Waals surface area (Å²) >= 11 is 12.1. The van der Waals surface area contributed by atoms with Crippen LogP contribution in [0.3, 0.4) is 0 Å². The molecule has 0 atom stereocenters. The number of nitro groups is 1. The van der Waals surface area contributed by atoms with Crippen LogP contribution in [0.5, 0.6) is 11.5 Å². The van der Waals surface area contributed by atoms with Crippen LogP contribution >= 0.6 is 23.2 Å². The molecule has 6 heteroatoms. The van der Waals surface area contributed by atoms with Gasteiger partial charge in [0.25, 0.3) is 5.69 Å². The maximum absolute atomic E-state index is 10.8. The number of fused-ring (bicyclic) bond motifs is 1. The Bertz CT molecular complexity index is 708. The average Bonchev–Trinajstić information content (AvgIpc) is 2.91. The fourth-order valence-electron chi connectivity index (χ4n) is 2.54. The highest BCUT2D eigenvalue weighted by Crippen LogP contribution is 2.41. The van der Waals surface area contributed by atoms with Gasteiger partial charge in [-0.3, -0.25) is 10.1 Å². The van der Waals surface area contributed by atoms with Crippen molar-refractivity contribution in [3.8, 4) is 11.5 Å². The topological polar surface area (TPSA) is 52.4 Å². The Morgan fingerprint density at radius 1 is 1.14 bits per heavy atom. The molecule has 0 bridgehead atoms. The molecule has 21 heavy (non-hydrogen) atoms. The van der Waals surface area contributed by atoms with Crippen molar-refractivity contribution in [3.63, 3.8) is 0 Å². The molecule has 4 nitrogen and oxygen atoms in total. The molecule has 0 aromatic heterocycles. The molecule has 0 fully saturated rings. The van der Waals surface area contributed by atoms with Crippen LogP contribution in [0, 0.1) is 10.1 Å². The van der Waals surface area contributed by atoms with Crippen LogP contribution in [-0.2, 0) is 12.8 Å². The number of nitro benzene ring substituents is 1. The molecule has 0 N–H and O–H groups in total. The summed E-state index contributed by atoms with van der Waals surface area (Å²) in [7, 11) is 0. The van der Waals surface area contributed by atoms with Gasteiger partial charge in [-0.2, -0.15) is 0 Å². The van der Waals surface area contributed by atoms with E-state index in [0.29, 0.717) is 5.75 Å². The van der Waals surface area contributed by atoms with Crippen LogP contribution in [0.15, 0.2) is 30.3 Å². The first kappa shape index (κ1) is 14.2. The van der Waals surface area contributed by atoms with E-state index in [1.807, 2.05) is 12.1 Å². The second-order valence-corrected chi connectivity index (χ2v) is 5.66.